The van der Waals surface area contributed by atoms with E-state index in [2.05, 4.69) is 42.9 Å². The number of rotatable bonds is 4. The molecule has 3 nitrogen and oxygen atoms in total. The van der Waals surface area contributed by atoms with Gasteiger partial charge in [0.15, 0.2) is 0 Å². The van der Waals surface area contributed by atoms with Crippen molar-refractivity contribution in [2.75, 3.05) is 39.8 Å². The molecular formula is C15H31N3. The maximum Gasteiger partial charge on any atom is 0.0145 e. The minimum absolute atomic E-state index is 0.626. The van der Waals surface area contributed by atoms with Gasteiger partial charge in [-0.15, -0.1) is 0 Å². The van der Waals surface area contributed by atoms with Gasteiger partial charge in [-0.05, 0) is 51.4 Å². The quantitative estimate of drug-likeness (QED) is 0.822. The molecule has 3 atom stereocenters. The van der Waals surface area contributed by atoms with Crippen molar-refractivity contribution in [1.29, 1.82) is 0 Å². The molecule has 0 bridgehead atoms. The first-order valence-corrected chi connectivity index (χ1v) is 7.72. The molecule has 0 aromatic heterocycles. The summed E-state index contributed by atoms with van der Waals surface area (Å²) in [6.07, 6.45) is 2.75. The number of nitrogens with zero attached hydrogens (tertiary/aromatic N) is 2. The first kappa shape index (κ1) is 14.3. The lowest BCUT2D eigenvalue weighted by molar-refractivity contribution is 0.0899. The average molecular weight is 253 g/mol. The fourth-order valence-electron chi connectivity index (χ4n) is 3.62. The van der Waals surface area contributed by atoms with E-state index in [4.69, 9.17) is 0 Å². The van der Waals surface area contributed by atoms with Crippen LogP contribution < -0.4 is 5.32 Å². The Bertz CT molecular complexity index is 254. The molecule has 0 aliphatic carbocycles. The number of likely N-dealkylation sites (tertiary alicyclic amines) is 2. The van der Waals surface area contributed by atoms with Gasteiger partial charge in [0.2, 0.25) is 0 Å². The van der Waals surface area contributed by atoms with Crippen molar-refractivity contribution in [3.05, 3.63) is 0 Å². The highest BCUT2D eigenvalue weighted by atomic mass is 15.2. The standard InChI is InChI=1S/C15H31N3/c1-12(2)16-9-14-5-8-18(11-14)15-6-7-17(4)10-13(15)3/h12-16H,5-11H2,1-4H3. The molecule has 2 aliphatic heterocycles. The Morgan fingerprint density at radius 3 is 2.61 bits per heavy atom. The molecule has 0 saturated carbocycles. The second-order valence-electron chi connectivity index (χ2n) is 6.81. The van der Waals surface area contributed by atoms with Crippen molar-refractivity contribution in [2.45, 2.75) is 45.7 Å². The summed E-state index contributed by atoms with van der Waals surface area (Å²) in [5.74, 6) is 1.71. The van der Waals surface area contributed by atoms with Crippen LogP contribution in [0.4, 0.5) is 0 Å². The molecule has 0 radical (unpaired) electrons. The summed E-state index contributed by atoms with van der Waals surface area (Å²) in [7, 11) is 2.26. The molecule has 2 rings (SSSR count). The van der Waals surface area contributed by atoms with Crippen LogP contribution in [0.1, 0.15) is 33.6 Å². The SMILES string of the molecule is CC(C)NCC1CCN(C2CCN(C)CC2C)C1. The summed E-state index contributed by atoms with van der Waals surface area (Å²) in [5.41, 5.74) is 0. The summed E-state index contributed by atoms with van der Waals surface area (Å²) in [6, 6.07) is 1.46. The third-order valence-electron chi connectivity index (χ3n) is 4.66. The van der Waals surface area contributed by atoms with Gasteiger partial charge in [-0.3, -0.25) is 4.90 Å². The second kappa shape index (κ2) is 6.36. The molecule has 2 saturated heterocycles. The van der Waals surface area contributed by atoms with Crippen LogP contribution in [0.5, 0.6) is 0 Å². The number of hydrogen-bond acceptors (Lipinski definition) is 3. The van der Waals surface area contributed by atoms with Crippen LogP contribution in [-0.2, 0) is 0 Å². The van der Waals surface area contributed by atoms with Gasteiger partial charge >= 0.3 is 0 Å². The van der Waals surface area contributed by atoms with Crippen LogP contribution in [0.3, 0.4) is 0 Å². The van der Waals surface area contributed by atoms with Gasteiger partial charge in [0.1, 0.15) is 0 Å². The lowest BCUT2D eigenvalue weighted by Gasteiger charge is -2.40. The largest absolute Gasteiger partial charge is 0.314 e. The zero-order chi connectivity index (χ0) is 13.1. The minimum atomic E-state index is 0.626. The molecule has 2 aliphatic rings. The molecule has 2 heterocycles. The molecule has 0 aromatic rings. The number of nitrogens with one attached hydrogen (secondary N) is 1. The second-order valence-corrected chi connectivity index (χ2v) is 6.81. The van der Waals surface area contributed by atoms with Crippen molar-refractivity contribution in [1.82, 2.24) is 15.1 Å². The predicted octanol–water partition coefficient (Wildman–Crippen LogP) is 1.65. The zero-order valence-corrected chi connectivity index (χ0v) is 12.7. The van der Waals surface area contributed by atoms with Gasteiger partial charge in [0.25, 0.3) is 0 Å². The lowest BCUT2D eigenvalue weighted by atomic mass is 9.93. The summed E-state index contributed by atoms with van der Waals surface area (Å²) >= 11 is 0. The van der Waals surface area contributed by atoms with E-state index in [1.807, 2.05) is 0 Å². The van der Waals surface area contributed by atoms with Crippen LogP contribution in [0.15, 0.2) is 0 Å². The van der Waals surface area contributed by atoms with Crippen molar-refractivity contribution in [2.24, 2.45) is 11.8 Å². The van der Waals surface area contributed by atoms with E-state index in [-0.39, 0.29) is 0 Å². The van der Waals surface area contributed by atoms with E-state index >= 15 is 0 Å². The molecular weight excluding hydrogens is 222 g/mol. The van der Waals surface area contributed by atoms with Crippen molar-refractivity contribution < 1.29 is 0 Å². The smallest absolute Gasteiger partial charge is 0.0145 e. The van der Waals surface area contributed by atoms with Crippen LogP contribution in [0, 0.1) is 11.8 Å². The monoisotopic (exact) mass is 253 g/mol. The Hall–Kier alpha value is -0.120. The highest BCUT2D eigenvalue weighted by Gasteiger charge is 2.33. The predicted molar refractivity (Wildman–Crippen MR) is 77.9 cm³/mol. The molecule has 3 heteroatoms. The van der Waals surface area contributed by atoms with Gasteiger partial charge in [0.05, 0.1) is 0 Å². The number of hydrogen-bond donors (Lipinski definition) is 1. The Balaban J connectivity index is 1.77. The normalized spacial score (nSPS) is 35.5. The topological polar surface area (TPSA) is 18.5 Å². The molecule has 1 N–H and O–H groups in total. The maximum absolute atomic E-state index is 3.59. The van der Waals surface area contributed by atoms with Crippen molar-refractivity contribution >= 4 is 0 Å². The lowest BCUT2D eigenvalue weighted by Crippen LogP contribution is -2.48. The molecule has 3 unspecified atom stereocenters. The van der Waals surface area contributed by atoms with Gasteiger partial charge < -0.3 is 10.2 Å². The maximum atomic E-state index is 3.59. The molecule has 0 aromatic carbocycles. The van der Waals surface area contributed by atoms with E-state index in [0.29, 0.717) is 6.04 Å². The first-order chi connectivity index (χ1) is 8.56. The van der Waals surface area contributed by atoms with E-state index in [0.717, 1.165) is 17.9 Å². The van der Waals surface area contributed by atoms with Crippen molar-refractivity contribution in [3.8, 4) is 0 Å². The summed E-state index contributed by atoms with van der Waals surface area (Å²) in [4.78, 5) is 5.25. The van der Waals surface area contributed by atoms with E-state index in [9.17, 15) is 0 Å². The summed E-state index contributed by atoms with van der Waals surface area (Å²) in [6.45, 7) is 13.3. The minimum Gasteiger partial charge on any atom is -0.314 e. The highest BCUT2D eigenvalue weighted by Crippen LogP contribution is 2.26. The third-order valence-corrected chi connectivity index (χ3v) is 4.66. The first-order valence-electron chi connectivity index (χ1n) is 7.72. The molecule has 106 valence electrons. The van der Waals surface area contributed by atoms with E-state index in [1.54, 1.807) is 0 Å². The Kier molecular flexibility index (Phi) is 5.05. The molecule has 0 amide bonds. The van der Waals surface area contributed by atoms with Gasteiger partial charge in [-0.1, -0.05) is 20.8 Å². The Morgan fingerprint density at radius 2 is 1.94 bits per heavy atom. The fourth-order valence-corrected chi connectivity index (χ4v) is 3.62. The summed E-state index contributed by atoms with van der Waals surface area (Å²) < 4.78 is 0. The van der Waals surface area contributed by atoms with Crippen molar-refractivity contribution in [3.63, 3.8) is 0 Å². The summed E-state index contributed by atoms with van der Waals surface area (Å²) in [5, 5.41) is 3.59. The van der Waals surface area contributed by atoms with Gasteiger partial charge in [-0.2, -0.15) is 0 Å². The van der Waals surface area contributed by atoms with Crippen LogP contribution in [0.25, 0.3) is 0 Å². The van der Waals surface area contributed by atoms with Crippen LogP contribution in [-0.4, -0.2) is 61.7 Å². The van der Waals surface area contributed by atoms with Crippen LogP contribution in [0.2, 0.25) is 0 Å². The molecule has 0 spiro atoms. The number of piperidine rings is 1. The Morgan fingerprint density at radius 1 is 1.17 bits per heavy atom. The zero-order valence-electron chi connectivity index (χ0n) is 12.7. The van der Waals surface area contributed by atoms with E-state index < -0.39 is 0 Å². The van der Waals surface area contributed by atoms with Crippen LogP contribution >= 0.6 is 0 Å². The average Bonchev–Trinajstić information content (AvgIpc) is 2.75. The van der Waals surface area contributed by atoms with Gasteiger partial charge in [0, 0.05) is 25.2 Å². The van der Waals surface area contributed by atoms with Gasteiger partial charge in [-0.25, -0.2) is 0 Å². The third kappa shape index (κ3) is 3.69. The fraction of sp³-hybridized carbons (Fsp3) is 1.00. The molecule has 18 heavy (non-hydrogen) atoms. The Labute approximate surface area is 113 Å². The highest BCUT2D eigenvalue weighted by molar-refractivity contribution is 4.88. The molecule has 2 fully saturated rings. The van der Waals surface area contributed by atoms with E-state index in [1.165, 1.54) is 45.6 Å².